The largest absolute Gasteiger partial charge is 0.465 e. The first-order chi connectivity index (χ1) is 12.8. The van der Waals surface area contributed by atoms with E-state index in [0.29, 0.717) is 13.2 Å². The van der Waals surface area contributed by atoms with Crippen LogP contribution in [-0.2, 0) is 28.9 Å². The Kier molecular flexibility index (Phi) is 5.47. The van der Waals surface area contributed by atoms with Crippen molar-refractivity contribution in [2.24, 2.45) is 5.10 Å². The van der Waals surface area contributed by atoms with Crippen molar-refractivity contribution < 1.29 is 27.5 Å². The first-order valence-corrected chi connectivity index (χ1v) is 10.1. The first-order valence-electron chi connectivity index (χ1n) is 8.59. The molecule has 2 aliphatic heterocycles. The highest BCUT2D eigenvalue weighted by atomic mass is 32.2. The Bertz CT molecular complexity index is 890. The van der Waals surface area contributed by atoms with Gasteiger partial charge in [0.05, 0.1) is 30.4 Å². The monoisotopic (exact) mass is 395 g/mol. The summed E-state index contributed by atoms with van der Waals surface area (Å²) in [6, 6.07) is 4.69. The number of carbonyl (C=O) groups is 2. The molecule has 2 aliphatic rings. The van der Waals surface area contributed by atoms with Gasteiger partial charge in [0.2, 0.25) is 14.9 Å². The number of aryl methyl sites for hydroxylation is 1. The van der Waals surface area contributed by atoms with Gasteiger partial charge in [-0.05, 0) is 31.5 Å². The van der Waals surface area contributed by atoms with E-state index in [1.165, 1.54) is 16.0 Å². The van der Waals surface area contributed by atoms with E-state index in [2.05, 4.69) is 5.10 Å². The van der Waals surface area contributed by atoms with Crippen LogP contribution in [0.25, 0.3) is 0 Å². The molecule has 1 amide bonds. The van der Waals surface area contributed by atoms with Crippen molar-refractivity contribution in [3.05, 3.63) is 23.8 Å². The topological polar surface area (TPSA) is 106 Å². The standard InChI is InChI=1S/C17H21N3O6S/c1-3-26-15(21)11-20-13-10-12(2)4-5-14(13)27(23,24)16(18-20)17(22)19-6-8-25-9-7-19/h4-5,10H,3,6-9,11H2,1-2H3. The number of carbonyl (C=O) groups excluding carboxylic acids is 2. The second-order valence-electron chi connectivity index (χ2n) is 6.15. The van der Waals surface area contributed by atoms with E-state index in [1.54, 1.807) is 26.0 Å². The van der Waals surface area contributed by atoms with Crippen molar-refractivity contribution in [3.63, 3.8) is 0 Å². The van der Waals surface area contributed by atoms with E-state index in [4.69, 9.17) is 9.47 Å². The number of morpholine rings is 1. The highest BCUT2D eigenvalue weighted by Crippen LogP contribution is 2.33. The van der Waals surface area contributed by atoms with Gasteiger partial charge in [0, 0.05) is 13.1 Å². The lowest BCUT2D eigenvalue weighted by molar-refractivity contribution is -0.141. The summed E-state index contributed by atoms with van der Waals surface area (Å²) in [5, 5.41) is 4.67. The van der Waals surface area contributed by atoms with Crippen molar-refractivity contribution in [1.29, 1.82) is 0 Å². The molecule has 0 spiro atoms. The number of nitrogens with zero attached hydrogens (tertiary/aromatic N) is 3. The van der Waals surface area contributed by atoms with Gasteiger partial charge in [0.1, 0.15) is 6.54 Å². The number of hydrazone groups is 1. The fraction of sp³-hybridized carbons (Fsp3) is 0.471. The van der Waals surface area contributed by atoms with Gasteiger partial charge < -0.3 is 14.4 Å². The summed E-state index contributed by atoms with van der Waals surface area (Å²) in [4.78, 5) is 26.1. The molecule has 0 saturated carbocycles. The number of fused-ring (bicyclic) bond motifs is 1. The van der Waals surface area contributed by atoms with Crippen LogP contribution in [0.3, 0.4) is 0 Å². The molecule has 2 heterocycles. The molecule has 1 fully saturated rings. The van der Waals surface area contributed by atoms with Crippen molar-refractivity contribution in [3.8, 4) is 0 Å². The van der Waals surface area contributed by atoms with Crippen LogP contribution in [0.5, 0.6) is 0 Å². The maximum absolute atomic E-state index is 13.0. The van der Waals surface area contributed by atoms with E-state index >= 15 is 0 Å². The van der Waals surface area contributed by atoms with Crippen LogP contribution < -0.4 is 5.01 Å². The average molecular weight is 395 g/mol. The predicted octanol–water partition coefficient (Wildman–Crippen LogP) is 0.324. The number of ether oxygens (including phenoxy) is 2. The van der Waals surface area contributed by atoms with Crippen molar-refractivity contribution in [2.45, 2.75) is 18.7 Å². The van der Waals surface area contributed by atoms with Crippen LogP contribution in [0.4, 0.5) is 5.69 Å². The van der Waals surface area contributed by atoms with Crippen LogP contribution in [0.15, 0.2) is 28.2 Å². The van der Waals surface area contributed by atoms with E-state index in [0.717, 1.165) is 5.56 Å². The Hall–Kier alpha value is -2.46. The molecule has 9 nitrogen and oxygen atoms in total. The summed E-state index contributed by atoms with van der Waals surface area (Å²) >= 11 is 0. The van der Waals surface area contributed by atoms with Gasteiger partial charge in [0.25, 0.3) is 5.91 Å². The third-order valence-electron chi connectivity index (χ3n) is 4.21. The summed E-state index contributed by atoms with van der Waals surface area (Å²) in [5.41, 5.74) is 1.05. The fourth-order valence-corrected chi connectivity index (χ4v) is 4.35. The SMILES string of the molecule is CCOC(=O)CN1N=C(C(=O)N2CCOCC2)S(=O)(=O)c2ccc(C)cc21. The molecule has 0 radical (unpaired) electrons. The van der Waals surface area contributed by atoms with E-state index in [-0.39, 0.29) is 36.8 Å². The molecular formula is C17H21N3O6S. The number of anilines is 1. The molecule has 3 rings (SSSR count). The maximum atomic E-state index is 13.0. The highest BCUT2D eigenvalue weighted by molar-refractivity contribution is 8.08. The van der Waals surface area contributed by atoms with Gasteiger partial charge in [-0.3, -0.25) is 14.6 Å². The van der Waals surface area contributed by atoms with Crippen LogP contribution in [-0.4, -0.2) is 69.7 Å². The van der Waals surface area contributed by atoms with Gasteiger partial charge in [-0.2, -0.15) is 5.10 Å². The Morgan fingerprint density at radius 1 is 1.26 bits per heavy atom. The lowest BCUT2D eigenvalue weighted by Crippen LogP contribution is -2.48. The summed E-state index contributed by atoms with van der Waals surface area (Å²) in [6.45, 7) is 4.61. The molecule has 0 aliphatic carbocycles. The molecule has 146 valence electrons. The van der Waals surface area contributed by atoms with Crippen molar-refractivity contribution in [2.75, 3.05) is 44.5 Å². The Labute approximate surface area is 157 Å². The second kappa shape index (κ2) is 7.65. The molecule has 27 heavy (non-hydrogen) atoms. The molecule has 0 unspecified atom stereocenters. The number of esters is 1. The summed E-state index contributed by atoms with van der Waals surface area (Å²) in [7, 11) is -4.10. The van der Waals surface area contributed by atoms with Crippen molar-refractivity contribution in [1.82, 2.24) is 4.90 Å². The van der Waals surface area contributed by atoms with E-state index < -0.39 is 26.8 Å². The molecule has 0 bridgehead atoms. The molecule has 0 N–H and O–H groups in total. The molecule has 1 aromatic rings. The molecule has 0 atom stereocenters. The number of sulfone groups is 1. The van der Waals surface area contributed by atoms with Gasteiger partial charge >= 0.3 is 5.97 Å². The maximum Gasteiger partial charge on any atom is 0.327 e. The molecule has 1 aromatic carbocycles. The first kappa shape index (κ1) is 19.3. The number of hydrogen-bond donors (Lipinski definition) is 0. The van der Waals surface area contributed by atoms with Crippen LogP contribution in [0.2, 0.25) is 0 Å². The zero-order valence-corrected chi connectivity index (χ0v) is 16.0. The molecule has 10 heteroatoms. The minimum atomic E-state index is -4.10. The minimum absolute atomic E-state index is 0.0518. The lowest BCUT2D eigenvalue weighted by atomic mass is 10.2. The molecule has 0 aromatic heterocycles. The van der Waals surface area contributed by atoms with Crippen LogP contribution >= 0.6 is 0 Å². The van der Waals surface area contributed by atoms with Crippen LogP contribution in [0.1, 0.15) is 12.5 Å². The summed E-state index contributed by atoms with van der Waals surface area (Å²) < 4.78 is 36.2. The van der Waals surface area contributed by atoms with Gasteiger partial charge in [0.15, 0.2) is 0 Å². The zero-order valence-electron chi connectivity index (χ0n) is 15.2. The number of benzene rings is 1. The van der Waals surface area contributed by atoms with Gasteiger partial charge in [-0.1, -0.05) is 6.07 Å². The minimum Gasteiger partial charge on any atom is -0.465 e. The molecular weight excluding hydrogens is 374 g/mol. The third-order valence-corrected chi connectivity index (χ3v) is 5.90. The van der Waals surface area contributed by atoms with Gasteiger partial charge in [-0.15, -0.1) is 0 Å². The number of hydrogen-bond acceptors (Lipinski definition) is 8. The molecule has 1 saturated heterocycles. The Morgan fingerprint density at radius 2 is 1.96 bits per heavy atom. The smallest absolute Gasteiger partial charge is 0.327 e. The lowest BCUT2D eigenvalue weighted by Gasteiger charge is -2.30. The van der Waals surface area contributed by atoms with E-state index in [1.807, 2.05) is 0 Å². The number of rotatable bonds is 4. The highest BCUT2D eigenvalue weighted by Gasteiger charge is 2.40. The van der Waals surface area contributed by atoms with Crippen molar-refractivity contribution >= 4 is 32.4 Å². The fourth-order valence-electron chi connectivity index (χ4n) is 2.89. The zero-order chi connectivity index (χ0) is 19.6. The summed E-state index contributed by atoms with van der Waals surface area (Å²) in [5.74, 6) is -1.26. The third kappa shape index (κ3) is 3.81. The second-order valence-corrected chi connectivity index (χ2v) is 7.98. The Balaban J connectivity index is 2.04. The number of amides is 1. The summed E-state index contributed by atoms with van der Waals surface area (Å²) in [6.07, 6.45) is 0. The normalized spacial score (nSPS) is 18.5. The predicted molar refractivity (Wildman–Crippen MR) is 97.2 cm³/mol. The van der Waals surface area contributed by atoms with Gasteiger partial charge in [-0.25, -0.2) is 8.42 Å². The van der Waals surface area contributed by atoms with E-state index in [9.17, 15) is 18.0 Å². The Morgan fingerprint density at radius 3 is 2.63 bits per heavy atom. The quantitative estimate of drug-likeness (QED) is 0.676. The van der Waals surface area contributed by atoms with Crippen LogP contribution in [0, 0.1) is 6.92 Å². The average Bonchev–Trinajstić information content (AvgIpc) is 2.64.